The summed E-state index contributed by atoms with van der Waals surface area (Å²) in [6, 6.07) is 6.82. The Labute approximate surface area is 207 Å². The van der Waals surface area contributed by atoms with Crippen molar-refractivity contribution in [3.63, 3.8) is 0 Å². The minimum Gasteiger partial charge on any atom is -0.444 e. The zero-order valence-corrected chi connectivity index (χ0v) is 20.6. The maximum absolute atomic E-state index is 14.2. The highest BCUT2D eigenvalue weighted by molar-refractivity contribution is 6.39. The second-order valence-corrected chi connectivity index (χ2v) is 9.79. The van der Waals surface area contributed by atoms with Crippen molar-refractivity contribution in [2.45, 2.75) is 58.1 Å². The molecule has 2 aromatic rings. The van der Waals surface area contributed by atoms with Gasteiger partial charge in [0.25, 0.3) is 5.92 Å². The number of alkyl halides is 2. The fourth-order valence-electron chi connectivity index (χ4n) is 3.68. The molecule has 0 aliphatic carbocycles. The summed E-state index contributed by atoms with van der Waals surface area (Å²) in [6.07, 6.45) is -0.578. The van der Waals surface area contributed by atoms with Gasteiger partial charge in [-0.25, -0.2) is 18.6 Å². The second kappa shape index (κ2) is 10.2. The van der Waals surface area contributed by atoms with Gasteiger partial charge in [-0.3, -0.25) is 14.9 Å². The van der Waals surface area contributed by atoms with E-state index in [1.54, 1.807) is 45.9 Å². The average Bonchev–Trinajstić information content (AvgIpc) is 2.73. The number of amides is 3. The van der Waals surface area contributed by atoms with Gasteiger partial charge < -0.3 is 15.0 Å². The zero-order valence-electron chi connectivity index (χ0n) is 19.8. The number of ether oxygens (including phenoxy) is 1. The van der Waals surface area contributed by atoms with Crippen molar-refractivity contribution < 1.29 is 27.9 Å². The minimum absolute atomic E-state index is 0.206. The number of piperidine rings is 1. The van der Waals surface area contributed by atoms with Crippen LogP contribution in [0.3, 0.4) is 0 Å². The third-order valence-corrected chi connectivity index (χ3v) is 5.47. The van der Waals surface area contributed by atoms with Gasteiger partial charge in [0, 0.05) is 24.4 Å². The number of nitrogens with one attached hydrogen (secondary N) is 2. The van der Waals surface area contributed by atoms with E-state index in [-0.39, 0.29) is 18.1 Å². The van der Waals surface area contributed by atoms with Gasteiger partial charge in [0.2, 0.25) is 0 Å². The number of anilines is 2. The van der Waals surface area contributed by atoms with Crippen LogP contribution in [0.2, 0.25) is 5.02 Å². The molecule has 1 aliphatic rings. The van der Waals surface area contributed by atoms with E-state index in [1.165, 1.54) is 18.3 Å². The number of rotatable bonds is 3. The van der Waals surface area contributed by atoms with Crippen molar-refractivity contribution in [1.82, 2.24) is 9.88 Å². The van der Waals surface area contributed by atoms with Crippen molar-refractivity contribution in [3.8, 4) is 0 Å². The molecule has 2 heterocycles. The molecule has 1 fully saturated rings. The molecule has 11 heteroatoms. The van der Waals surface area contributed by atoms with E-state index < -0.39 is 48.3 Å². The average molecular weight is 509 g/mol. The number of aromatic nitrogens is 1. The van der Waals surface area contributed by atoms with E-state index in [0.29, 0.717) is 16.1 Å². The highest BCUT2D eigenvalue weighted by Gasteiger charge is 2.44. The summed E-state index contributed by atoms with van der Waals surface area (Å²) in [7, 11) is 0. The molecule has 8 nitrogen and oxygen atoms in total. The summed E-state index contributed by atoms with van der Waals surface area (Å²) in [5, 5.41) is 5.31. The SMILES string of the molecule is Cc1cc(NC(=O)C(=O)N2CCC(F)(F)C[C@H]2c2cccc(Cl)c2)cnc1NC(=O)OC(C)(C)C. The Morgan fingerprint density at radius 2 is 1.91 bits per heavy atom. The van der Waals surface area contributed by atoms with Crippen molar-refractivity contribution in [2.75, 3.05) is 17.2 Å². The van der Waals surface area contributed by atoms with Gasteiger partial charge in [0.05, 0.1) is 17.9 Å². The third-order valence-electron chi connectivity index (χ3n) is 5.23. The Morgan fingerprint density at radius 1 is 1.20 bits per heavy atom. The number of pyridine rings is 1. The quantitative estimate of drug-likeness (QED) is 0.546. The molecule has 35 heavy (non-hydrogen) atoms. The zero-order chi connectivity index (χ0) is 26.0. The molecule has 2 N–H and O–H groups in total. The lowest BCUT2D eigenvalue weighted by Gasteiger charge is -2.39. The lowest BCUT2D eigenvalue weighted by molar-refractivity contribution is -0.151. The number of carbonyl (C=O) groups excluding carboxylic acids is 3. The van der Waals surface area contributed by atoms with Crippen molar-refractivity contribution >= 4 is 41.0 Å². The number of halogens is 3. The van der Waals surface area contributed by atoms with Crippen molar-refractivity contribution in [3.05, 3.63) is 52.7 Å². The normalized spacial score (nSPS) is 17.5. The highest BCUT2D eigenvalue weighted by atomic mass is 35.5. The van der Waals surface area contributed by atoms with E-state index in [4.69, 9.17) is 16.3 Å². The molecular formula is C24H27ClF2N4O4. The first-order valence-corrected chi connectivity index (χ1v) is 11.3. The predicted octanol–water partition coefficient (Wildman–Crippen LogP) is 5.33. The van der Waals surface area contributed by atoms with Gasteiger partial charge in [0.1, 0.15) is 11.4 Å². The summed E-state index contributed by atoms with van der Waals surface area (Å²) in [6.45, 7) is 6.54. The van der Waals surface area contributed by atoms with Gasteiger partial charge in [0.15, 0.2) is 0 Å². The van der Waals surface area contributed by atoms with Crippen LogP contribution in [0, 0.1) is 6.92 Å². The number of hydrogen-bond acceptors (Lipinski definition) is 5. The van der Waals surface area contributed by atoms with E-state index >= 15 is 0 Å². The topological polar surface area (TPSA) is 101 Å². The molecule has 3 rings (SSSR count). The molecular weight excluding hydrogens is 482 g/mol. The molecule has 0 unspecified atom stereocenters. The third kappa shape index (κ3) is 7.11. The standard InChI is InChI=1S/C24H27ClF2N4O4/c1-14-10-17(13-28-19(14)30-22(34)35-23(2,3)4)29-20(32)21(33)31-9-8-24(26,27)12-18(31)15-6-5-7-16(25)11-15/h5-7,10-11,13,18H,8-9,12H2,1-4H3,(H,29,32)(H,28,30,34)/t18-/m0/s1. The van der Waals surface area contributed by atoms with Crippen LogP contribution in [0.5, 0.6) is 0 Å². The van der Waals surface area contributed by atoms with Crippen LogP contribution < -0.4 is 10.6 Å². The Morgan fingerprint density at radius 3 is 2.54 bits per heavy atom. The number of carbonyl (C=O) groups is 3. The lowest BCUT2D eigenvalue weighted by atomic mass is 9.92. The number of aryl methyl sites for hydroxylation is 1. The number of hydrogen-bond donors (Lipinski definition) is 2. The molecule has 3 amide bonds. The number of likely N-dealkylation sites (tertiary alicyclic amines) is 1. The van der Waals surface area contributed by atoms with Crippen LogP contribution in [0.15, 0.2) is 36.5 Å². The predicted molar refractivity (Wildman–Crippen MR) is 128 cm³/mol. The fraction of sp³-hybridized carbons (Fsp3) is 0.417. The number of benzene rings is 1. The first-order chi connectivity index (χ1) is 16.2. The molecule has 1 atom stereocenters. The Kier molecular flexibility index (Phi) is 7.64. The molecule has 0 radical (unpaired) electrons. The van der Waals surface area contributed by atoms with E-state index in [9.17, 15) is 23.2 Å². The Bertz CT molecular complexity index is 1140. The van der Waals surface area contributed by atoms with Crippen LogP contribution in [-0.2, 0) is 14.3 Å². The molecule has 188 valence electrons. The van der Waals surface area contributed by atoms with E-state index in [2.05, 4.69) is 15.6 Å². The van der Waals surface area contributed by atoms with Gasteiger partial charge in [-0.2, -0.15) is 0 Å². The molecule has 1 saturated heterocycles. The maximum Gasteiger partial charge on any atom is 0.413 e. The Hall–Kier alpha value is -3.27. The maximum atomic E-state index is 14.2. The summed E-state index contributed by atoms with van der Waals surface area (Å²) < 4.78 is 33.5. The monoisotopic (exact) mass is 508 g/mol. The van der Waals surface area contributed by atoms with Gasteiger partial charge in [-0.15, -0.1) is 0 Å². The van der Waals surface area contributed by atoms with Gasteiger partial charge in [-0.05, 0) is 57.0 Å². The molecule has 0 bridgehead atoms. The summed E-state index contributed by atoms with van der Waals surface area (Å²) in [5.74, 6) is -4.68. The highest BCUT2D eigenvalue weighted by Crippen LogP contribution is 2.40. The van der Waals surface area contributed by atoms with Crippen LogP contribution >= 0.6 is 11.6 Å². The molecule has 1 aliphatic heterocycles. The summed E-state index contributed by atoms with van der Waals surface area (Å²) >= 11 is 6.01. The summed E-state index contributed by atoms with van der Waals surface area (Å²) in [4.78, 5) is 42.9. The molecule has 0 spiro atoms. The first-order valence-electron chi connectivity index (χ1n) is 11.0. The van der Waals surface area contributed by atoms with E-state index in [0.717, 1.165) is 4.90 Å². The Balaban J connectivity index is 1.72. The molecule has 1 aromatic carbocycles. The summed E-state index contributed by atoms with van der Waals surface area (Å²) in [5.41, 5.74) is 0.453. The molecule has 0 saturated carbocycles. The number of nitrogens with zero attached hydrogens (tertiary/aromatic N) is 2. The van der Waals surface area contributed by atoms with Gasteiger partial charge in [-0.1, -0.05) is 23.7 Å². The smallest absolute Gasteiger partial charge is 0.413 e. The lowest BCUT2D eigenvalue weighted by Crippen LogP contribution is -2.48. The van der Waals surface area contributed by atoms with E-state index in [1.807, 2.05) is 0 Å². The second-order valence-electron chi connectivity index (χ2n) is 9.35. The van der Waals surface area contributed by atoms with Crippen LogP contribution in [0.25, 0.3) is 0 Å². The minimum atomic E-state index is -2.97. The van der Waals surface area contributed by atoms with Crippen LogP contribution in [0.1, 0.15) is 50.8 Å². The van der Waals surface area contributed by atoms with Crippen LogP contribution in [0.4, 0.5) is 25.1 Å². The van der Waals surface area contributed by atoms with Crippen molar-refractivity contribution in [2.24, 2.45) is 0 Å². The first kappa shape index (κ1) is 26.3. The molecule has 1 aromatic heterocycles. The van der Waals surface area contributed by atoms with Crippen molar-refractivity contribution in [1.29, 1.82) is 0 Å². The van der Waals surface area contributed by atoms with Crippen LogP contribution in [-0.4, -0.2) is 45.9 Å². The fourth-order valence-corrected chi connectivity index (χ4v) is 3.88. The van der Waals surface area contributed by atoms with Gasteiger partial charge >= 0.3 is 17.9 Å². The largest absolute Gasteiger partial charge is 0.444 e.